The number of hydrogen-bond acceptors (Lipinski definition) is 7. The minimum Gasteiger partial charge on any atom is -0.493 e. The molecule has 2 aromatic carbocycles. The summed E-state index contributed by atoms with van der Waals surface area (Å²) in [7, 11) is 1.55. The van der Waals surface area contributed by atoms with E-state index in [0.29, 0.717) is 34.0 Å². The number of alkyl halides is 2. The molecule has 0 saturated carbocycles. The Bertz CT molecular complexity index is 1260. The van der Waals surface area contributed by atoms with E-state index >= 15 is 4.39 Å². The predicted octanol–water partition coefficient (Wildman–Crippen LogP) is 4.86. The summed E-state index contributed by atoms with van der Waals surface area (Å²) in [6, 6.07) is 6.56. The number of hydrogen-bond donors (Lipinski definition) is 3. The molecule has 1 saturated heterocycles. The van der Waals surface area contributed by atoms with E-state index in [1.165, 1.54) is 12.1 Å². The molecular weight excluding hydrogens is 473 g/mol. The third-order valence-electron chi connectivity index (χ3n) is 6.36. The second-order valence-corrected chi connectivity index (χ2v) is 9.58. The molecule has 2 heterocycles. The van der Waals surface area contributed by atoms with Crippen LogP contribution in [0.1, 0.15) is 50.2 Å². The summed E-state index contributed by atoms with van der Waals surface area (Å²) in [5, 5.41) is 17.0. The SMILES string of the molecule is COc1cc2nc(C)nc(N[C@H](C)c3cccc(C(F)(F)C(C)(C)O)c3F)c2cc1OC1CCNC1. The van der Waals surface area contributed by atoms with Gasteiger partial charge >= 0.3 is 5.92 Å². The molecule has 3 aromatic rings. The smallest absolute Gasteiger partial charge is 0.303 e. The van der Waals surface area contributed by atoms with Crippen LogP contribution in [0.3, 0.4) is 0 Å². The van der Waals surface area contributed by atoms with Gasteiger partial charge in [0.1, 0.15) is 29.2 Å². The molecule has 2 atom stereocenters. The standard InChI is InChI=1S/C26H31F3N4O3/c1-14(17-7-6-8-19(23(17)27)26(28,29)25(3,4)34)31-24-18-11-22(36-16-9-10-30-13-16)21(35-5)12-20(18)32-15(2)33-24/h6-8,11-12,14,16,30,34H,9-10,13H2,1-5H3,(H,31,32,33)/t14-,16?/m1/s1. The zero-order valence-corrected chi connectivity index (χ0v) is 21.0. The molecule has 0 radical (unpaired) electrons. The maximum atomic E-state index is 15.3. The van der Waals surface area contributed by atoms with Crippen LogP contribution in [0.25, 0.3) is 10.9 Å². The van der Waals surface area contributed by atoms with Gasteiger partial charge in [0.2, 0.25) is 0 Å². The molecule has 1 aliphatic rings. The highest BCUT2D eigenvalue weighted by Crippen LogP contribution is 2.42. The number of nitrogens with zero attached hydrogens (tertiary/aromatic N) is 2. The number of aromatic nitrogens is 2. The molecule has 0 spiro atoms. The van der Waals surface area contributed by atoms with Crippen LogP contribution in [0.4, 0.5) is 19.0 Å². The largest absolute Gasteiger partial charge is 0.493 e. The highest BCUT2D eigenvalue weighted by Gasteiger charge is 2.49. The highest BCUT2D eigenvalue weighted by molar-refractivity contribution is 5.92. The van der Waals surface area contributed by atoms with Gasteiger partial charge in [0.15, 0.2) is 11.5 Å². The maximum Gasteiger partial charge on any atom is 0.303 e. The summed E-state index contributed by atoms with van der Waals surface area (Å²) in [6.45, 7) is 6.86. The lowest BCUT2D eigenvalue weighted by Crippen LogP contribution is -2.41. The Morgan fingerprint density at radius 2 is 1.94 bits per heavy atom. The van der Waals surface area contributed by atoms with Gasteiger partial charge in [-0.05, 0) is 52.8 Å². The number of fused-ring (bicyclic) bond motifs is 1. The Hall–Kier alpha value is -3.11. The molecule has 0 bridgehead atoms. The van der Waals surface area contributed by atoms with Crippen LogP contribution >= 0.6 is 0 Å². The fraction of sp³-hybridized carbons (Fsp3) is 0.462. The van der Waals surface area contributed by atoms with Crippen molar-refractivity contribution in [3.8, 4) is 11.5 Å². The number of nitrogens with one attached hydrogen (secondary N) is 2. The summed E-state index contributed by atoms with van der Waals surface area (Å²) in [4.78, 5) is 8.98. The summed E-state index contributed by atoms with van der Waals surface area (Å²) in [6.07, 6.45) is 0.853. The third-order valence-corrected chi connectivity index (χ3v) is 6.36. The molecular formula is C26H31F3N4O3. The zero-order chi connectivity index (χ0) is 26.3. The third kappa shape index (κ3) is 4.92. The van der Waals surface area contributed by atoms with E-state index in [1.807, 2.05) is 0 Å². The van der Waals surface area contributed by atoms with Crippen molar-refractivity contribution in [2.24, 2.45) is 0 Å². The number of benzene rings is 2. The number of rotatable bonds is 8. The lowest BCUT2D eigenvalue weighted by molar-refractivity contribution is -0.170. The molecule has 194 valence electrons. The van der Waals surface area contributed by atoms with Crippen molar-refractivity contribution >= 4 is 16.7 Å². The van der Waals surface area contributed by atoms with E-state index in [4.69, 9.17) is 9.47 Å². The second-order valence-electron chi connectivity index (χ2n) is 9.58. The van der Waals surface area contributed by atoms with Crippen molar-refractivity contribution < 1.29 is 27.8 Å². The number of anilines is 1. The Labute approximate surface area is 208 Å². The Kier molecular flexibility index (Phi) is 7.03. The Balaban J connectivity index is 1.72. The van der Waals surface area contributed by atoms with Gasteiger partial charge in [-0.2, -0.15) is 8.78 Å². The molecule has 0 aliphatic carbocycles. The lowest BCUT2D eigenvalue weighted by atomic mass is 9.91. The summed E-state index contributed by atoms with van der Waals surface area (Å²) in [5.41, 5.74) is -2.69. The number of methoxy groups -OCH3 is 1. The minimum atomic E-state index is -3.79. The van der Waals surface area contributed by atoms with Gasteiger partial charge in [-0.15, -0.1) is 0 Å². The van der Waals surface area contributed by atoms with Crippen LogP contribution in [0.5, 0.6) is 11.5 Å². The van der Waals surface area contributed by atoms with Crippen LogP contribution in [-0.2, 0) is 5.92 Å². The monoisotopic (exact) mass is 504 g/mol. The molecule has 36 heavy (non-hydrogen) atoms. The van der Waals surface area contributed by atoms with Crippen LogP contribution in [0, 0.1) is 12.7 Å². The van der Waals surface area contributed by atoms with Gasteiger partial charge < -0.3 is 25.2 Å². The lowest BCUT2D eigenvalue weighted by Gasteiger charge is -2.30. The second kappa shape index (κ2) is 9.74. The Morgan fingerprint density at radius 1 is 1.19 bits per heavy atom. The summed E-state index contributed by atoms with van der Waals surface area (Å²) >= 11 is 0. The number of aliphatic hydroxyl groups is 1. The molecule has 7 nitrogen and oxygen atoms in total. The number of halogens is 3. The fourth-order valence-electron chi connectivity index (χ4n) is 4.26. The van der Waals surface area contributed by atoms with E-state index in [9.17, 15) is 13.9 Å². The summed E-state index contributed by atoms with van der Waals surface area (Å²) in [5.74, 6) is -2.95. The van der Waals surface area contributed by atoms with Crippen LogP contribution < -0.4 is 20.1 Å². The maximum absolute atomic E-state index is 15.3. The molecule has 3 N–H and O–H groups in total. The van der Waals surface area contributed by atoms with E-state index < -0.39 is 28.9 Å². The molecule has 1 aliphatic heterocycles. The number of aryl methyl sites for hydroxylation is 1. The molecule has 0 amide bonds. The summed E-state index contributed by atoms with van der Waals surface area (Å²) < 4.78 is 56.5. The van der Waals surface area contributed by atoms with Gasteiger partial charge in [0.25, 0.3) is 0 Å². The zero-order valence-electron chi connectivity index (χ0n) is 21.0. The van der Waals surface area contributed by atoms with Crippen molar-refractivity contribution in [2.45, 2.75) is 57.8 Å². The minimum absolute atomic E-state index is 0.00710. The average Bonchev–Trinajstić information content (AvgIpc) is 3.31. The van der Waals surface area contributed by atoms with Crippen molar-refractivity contribution in [3.63, 3.8) is 0 Å². The normalized spacial score (nSPS) is 17.3. The highest BCUT2D eigenvalue weighted by atomic mass is 19.3. The predicted molar refractivity (Wildman–Crippen MR) is 131 cm³/mol. The van der Waals surface area contributed by atoms with E-state index in [-0.39, 0.29) is 11.7 Å². The van der Waals surface area contributed by atoms with Crippen molar-refractivity contribution in [1.29, 1.82) is 0 Å². The van der Waals surface area contributed by atoms with Crippen LogP contribution in [0.2, 0.25) is 0 Å². The molecule has 1 unspecified atom stereocenters. The van der Waals surface area contributed by atoms with Crippen LogP contribution in [0.15, 0.2) is 30.3 Å². The Morgan fingerprint density at radius 3 is 2.58 bits per heavy atom. The average molecular weight is 505 g/mol. The molecule has 1 fully saturated rings. The molecule has 1 aromatic heterocycles. The molecule has 10 heteroatoms. The fourth-order valence-corrected chi connectivity index (χ4v) is 4.26. The van der Waals surface area contributed by atoms with Crippen molar-refractivity contribution in [1.82, 2.24) is 15.3 Å². The van der Waals surface area contributed by atoms with Crippen molar-refractivity contribution in [2.75, 3.05) is 25.5 Å². The van der Waals surface area contributed by atoms with E-state index in [1.54, 1.807) is 33.1 Å². The van der Waals surface area contributed by atoms with E-state index in [2.05, 4.69) is 20.6 Å². The first-order valence-electron chi connectivity index (χ1n) is 11.8. The van der Waals surface area contributed by atoms with Gasteiger partial charge in [-0.3, -0.25) is 0 Å². The van der Waals surface area contributed by atoms with Gasteiger partial charge in [-0.1, -0.05) is 12.1 Å². The van der Waals surface area contributed by atoms with Crippen molar-refractivity contribution in [3.05, 3.63) is 53.1 Å². The van der Waals surface area contributed by atoms with Gasteiger partial charge in [0, 0.05) is 23.6 Å². The number of ether oxygens (including phenoxy) is 2. The van der Waals surface area contributed by atoms with Gasteiger partial charge in [-0.25, -0.2) is 14.4 Å². The van der Waals surface area contributed by atoms with Gasteiger partial charge in [0.05, 0.1) is 24.2 Å². The first kappa shape index (κ1) is 26.0. The topological polar surface area (TPSA) is 88.5 Å². The van der Waals surface area contributed by atoms with Crippen LogP contribution in [-0.4, -0.2) is 47.0 Å². The molecule has 4 rings (SSSR count). The van der Waals surface area contributed by atoms with E-state index in [0.717, 1.165) is 39.4 Å². The quantitative estimate of drug-likeness (QED) is 0.404. The first-order valence-corrected chi connectivity index (χ1v) is 11.8. The first-order chi connectivity index (χ1) is 16.9.